The Kier molecular flexibility index (Phi) is 12.9. The van der Waals surface area contributed by atoms with Crippen molar-refractivity contribution >= 4 is 18.5 Å². The van der Waals surface area contributed by atoms with E-state index in [1.165, 1.54) is 5.56 Å². The largest absolute Gasteiger partial charge is 0.391 e. The summed E-state index contributed by atoms with van der Waals surface area (Å²) >= 11 is 0. The lowest BCUT2D eigenvalue weighted by atomic mass is 9.94. The van der Waals surface area contributed by atoms with Gasteiger partial charge in [-0.3, -0.25) is 19.4 Å². The molecule has 0 aromatic heterocycles. The van der Waals surface area contributed by atoms with Crippen molar-refractivity contribution in [3.63, 3.8) is 0 Å². The standard InChI is InChI=1S/C29H46N4O3/c1-6-32(7-2)21-29(36)33-17-9-8-11-27(33)16-14-24-13-15-25(22-35)26(19-24)20-31(5)28(12-10-18-34)23(3)30-4/h13,15,18-19,22,27-28,30H,3,6-12,14,16-17,20-21H2,1-2,4-5H3. The van der Waals surface area contributed by atoms with Crippen LogP contribution in [0.3, 0.4) is 0 Å². The van der Waals surface area contributed by atoms with Gasteiger partial charge in [0.2, 0.25) is 5.91 Å². The Hall–Kier alpha value is -2.51. The Bertz CT molecular complexity index is 868. The fourth-order valence-electron chi connectivity index (χ4n) is 5.19. The van der Waals surface area contributed by atoms with Crippen LogP contribution in [0.1, 0.15) is 73.9 Å². The number of nitrogens with zero attached hydrogens (tertiary/aromatic N) is 3. The van der Waals surface area contributed by atoms with Crippen LogP contribution in [0.5, 0.6) is 0 Å². The van der Waals surface area contributed by atoms with E-state index >= 15 is 0 Å². The van der Waals surface area contributed by atoms with E-state index in [4.69, 9.17) is 0 Å². The molecule has 1 aromatic rings. The molecule has 0 spiro atoms. The maximum Gasteiger partial charge on any atom is 0.236 e. The van der Waals surface area contributed by atoms with Crippen molar-refractivity contribution in [1.29, 1.82) is 0 Å². The van der Waals surface area contributed by atoms with Gasteiger partial charge in [-0.15, -0.1) is 0 Å². The Morgan fingerprint density at radius 2 is 2.00 bits per heavy atom. The average Bonchev–Trinajstić information content (AvgIpc) is 2.90. The third-order valence-electron chi connectivity index (χ3n) is 7.53. The highest BCUT2D eigenvalue weighted by molar-refractivity contribution is 5.79. The van der Waals surface area contributed by atoms with Crippen molar-refractivity contribution in [2.45, 2.75) is 77.4 Å². The zero-order valence-electron chi connectivity index (χ0n) is 22.8. The third-order valence-corrected chi connectivity index (χ3v) is 7.53. The van der Waals surface area contributed by atoms with Crippen molar-refractivity contribution in [3.8, 4) is 0 Å². The van der Waals surface area contributed by atoms with Gasteiger partial charge in [0.15, 0.2) is 0 Å². The molecule has 2 rings (SSSR count). The van der Waals surface area contributed by atoms with Gasteiger partial charge in [0.1, 0.15) is 12.6 Å². The first-order chi connectivity index (χ1) is 17.4. The molecule has 0 saturated carbocycles. The summed E-state index contributed by atoms with van der Waals surface area (Å²) in [5.74, 6) is 0.244. The van der Waals surface area contributed by atoms with Gasteiger partial charge in [0, 0.05) is 49.9 Å². The molecule has 200 valence electrons. The van der Waals surface area contributed by atoms with E-state index in [2.05, 4.69) is 46.5 Å². The van der Waals surface area contributed by atoms with E-state index < -0.39 is 0 Å². The van der Waals surface area contributed by atoms with Crippen molar-refractivity contribution in [3.05, 3.63) is 47.2 Å². The molecule has 1 heterocycles. The number of carbonyl (C=O) groups is 3. The number of rotatable bonds is 16. The summed E-state index contributed by atoms with van der Waals surface area (Å²) in [6.07, 6.45) is 8.07. The number of carbonyl (C=O) groups excluding carboxylic acids is 3. The van der Waals surface area contributed by atoms with E-state index in [1.807, 2.05) is 26.2 Å². The fraction of sp³-hybridized carbons (Fsp3) is 0.621. The van der Waals surface area contributed by atoms with Crippen LogP contribution in [0.4, 0.5) is 0 Å². The van der Waals surface area contributed by atoms with E-state index in [9.17, 15) is 14.4 Å². The molecular weight excluding hydrogens is 452 g/mol. The molecule has 1 aromatic carbocycles. The van der Waals surface area contributed by atoms with Crippen LogP contribution in [0, 0.1) is 0 Å². The van der Waals surface area contributed by atoms with Crippen LogP contribution in [0.25, 0.3) is 0 Å². The number of amides is 1. The summed E-state index contributed by atoms with van der Waals surface area (Å²) in [5, 5.41) is 3.11. The van der Waals surface area contributed by atoms with Crippen LogP contribution in [0.2, 0.25) is 0 Å². The minimum absolute atomic E-state index is 0.00373. The molecule has 7 nitrogen and oxygen atoms in total. The maximum atomic E-state index is 13.0. The second-order valence-corrected chi connectivity index (χ2v) is 9.84. The Morgan fingerprint density at radius 1 is 1.25 bits per heavy atom. The van der Waals surface area contributed by atoms with Crippen molar-refractivity contribution < 1.29 is 14.4 Å². The number of likely N-dealkylation sites (tertiary alicyclic amines) is 1. The molecular formula is C29H46N4O3. The van der Waals surface area contributed by atoms with Crippen LogP contribution in [-0.4, -0.2) is 85.5 Å². The minimum Gasteiger partial charge on any atom is -0.391 e. The normalized spacial score (nSPS) is 16.7. The number of piperidine rings is 1. The first-order valence-electron chi connectivity index (χ1n) is 13.5. The van der Waals surface area contributed by atoms with Crippen LogP contribution >= 0.6 is 0 Å². The van der Waals surface area contributed by atoms with Crippen molar-refractivity contribution in [1.82, 2.24) is 20.0 Å². The maximum absolute atomic E-state index is 13.0. The Balaban J connectivity index is 2.11. The van der Waals surface area contributed by atoms with Gasteiger partial charge in [-0.1, -0.05) is 38.6 Å². The molecule has 1 aliphatic heterocycles. The summed E-state index contributed by atoms with van der Waals surface area (Å²) in [6, 6.07) is 6.34. The highest BCUT2D eigenvalue weighted by Crippen LogP contribution is 2.24. The van der Waals surface area contributed by atoms with Crippen molar-refractivity contribution in [2.75, 3.05) is 40.3 Å². The van der Waals surface area contributed by atoms with Gasteiger partial charge >= 0.3 is 0 Å². The highest BCUT2D eigenvalue weighted by atomic mass is 16.2. The predicted molar refractivity (Wildman–Crippen MR) is 146 cm³/mol. The number of hydrogen-bond acceptors (Lipinski definition) is 6. The molecule has 36 heavy (non-hydrogen) atoms. The number of likely N-dealkylation sites (N-methyl/N-ethyl adjacent to an activating group) is 3. The first-order valence-corrected chi connectivity index (χ1v) is 13.5. The Labute approximate surface area is 217 Å². The van der Waals surface area contributed by atoms with E-state index in [-0.39, 0.29) is 18.0 Å². The van der Waals surface area contributed by atoms with Crippen molar-refractivity contribution in [2.24, 2.45) is 0 Å². The van der Waals surface area contributed by atoms with E-state index in [1.54, 1.807) is 0 Å². The highest BCUT2D eigenvalue weighted by Gasteiger charge is 2.27. The molecule has 0 aliphatic carbocycles. The van der Waals surface area contributed by atoms with Gasteiger partial charge in [0.25, 0.3) is 0 Å². The molecule has 2 unspecified atom stereocenters. The smallest absolute Gasteiger partial charge is 0.236 e. The zero-order chi connectivity index (χ0) is 26.5. The molecule has 1 N–H and O–H groups in total. The number of benzene rings is 1. The Morgan fingerprint density at radius 3 is 2.64 bits per heavy atom. The molecule has 7 heteroatoms. The molecule has 1 saturated heterocycles. The number of hydrogen-bond donors (Lipinski definition) is 1. The SMILES string of the molecule is C=C(NC)C(CCC=O)N(C)Cc1cc(CCC2CCCCN2C(=O)CN(CC)CC)ccc1C=O. The zero-order valence-corrected chi connectivity index (χ0v) is 22.8. The number of aldehydes is 2. The lowest BCUT2D eigenvalue weighted by molar-refractivity contribution is -0.136. The minimum atomic E-state index is -0.00373. The van der Waals surface area contributed by atoms with Gasteiger partial charge in [0.05, 0.1) is 6.54 Å². The lowest BCUT2D eigenvalue weighted by Crippen LogP contribution is -2.48. The van der Waals surface area contributed by atoms with Crippen LogP contribution in [-0.2, 0) is 22.6 Å². The topological polar surface area (TPSA) is 73.0 Å². The lowest BCUT2D eigenvalue weighted by Gasteiger charge is -2.37. The molecule has 1 fully saturated rings. The van der Waals surface area contributed by atoms with E-state index in [0.717, 1.165) is 75.6 Å². The summed E-state index contributed by atoms with van der Waals surface area (Å²) in [7, 11) is 3.84. The second-order valence-electron chi connectivity index (χ2n) is 9.84. The average molecular weight is 499 g/mol. The third kappa shape index (κ3) is 8.56. The van der Waals surface area contributed by atoms with Gasteiger partial charge < -0.3 is 15.0 Å². The summed E-state index contributed by atoms with van der Waals surface area (Å²) < 4.78 is 0. The van der Waals surface area contributed by atoms with Gasteiger partial charge in [-0.2, -0.15) is 0 Å². The molecule has 1 amide bonds. The molecule has 0 radical (unpaired) electrons. The summed E-state index contributed by atoms with van der Waals surface area (Å²) in [6.45, 7) is 12.0. The summed E-state index contributed by atoms with van der Waals surface area (Å²) in [5.41, 5.74) is 3.70. The second kappa shape index (κ2) is 15.6. The monoisotopic (exact) mass is 498 g/mol. The van der Waals surface area contributed by atoms with Gasteiger partial charge in [-0.25, -0.2) is 0 Å². The van der Waals surface area contributed by atoms with Crippen LogP contribution < -0.4 is 5.32 Å². The molecule has 0 bridgehead atoms. The van der Waals surface area contributed by atoms with Crippen LogP contribution in [0.15, 0.2) is 30.5 Å². The van der Waals surface area contributed by atoms with E-state index in [0.29, 0.717) is 31.5 Å². The first kappa shape index (κ1) is 29.7. The quantitative estimate of drug-likeness (QED) is 0.351. The molecule has 2 atom stereocenters. The summed E-state index contributed by atoms with van der Waals surface area (Å²) in [4.78, 5) is 42.2. The van der Waals surface area contributed by atoms with Gasteiger partial charge in [-0.05, 0) is 69.8 Å². The number of nitrogens with one attached hydrogen (secondary N) is 1. The number of aryl methyl sites for hydroxylation is 1. The fourth-order valence-corrected chi connectivity index (χ4v) is 5.19. The predicted octanol–water partition coefficient (Wildman–Crippen LogP) is 3.67. The molecule has 1 aliphatic rings.